The smallest absolute Gasteiger partial charge is 0.273 e. The Morgan fingerprint density at radius 2 is 1.78 bits per heavy atom. The first kappa shape index (κ1) is 21.1. The van der Waals surface area contributed by atoms with Gasteiger partial charge < -0.3 is 14.8 Å². The van der Waals surface area contributed by atoms with Crippen LogP contribution in [-0.4, -0.2) is 40.4 Å². The lowest BCUT2D eigenvalue weighted by Crippen LogP contribution is -2.36. The van der Waals surface area contributed by atoms with Crippen molar-refractivity contribution in [3.8, 4) is 0 Å². The molecule has 0 saturated carbocycles. The summed E-state index contributed by atoms with van der Waals surface area (Å²) in [6.07, 6.45) is 1.20. The van der Waals surface area contributed by atoms with E-state index in [2.05, 4.69) is 36.4 Å². The second kappa shape index (κ2) is 9.62. The van der Waals surface area contributed by atoms with Gasteiger partial charge in [-0.25, -0.2) is 4.68 Å². The Morgan fingerprint density at radius 3 is 2.33 bits per heavy atom. The number of carbonyl (C=O) groups is 1. The van der Waals surface area contributed by atoms with Gasteiger partial charge in [0, 0.05) is 13.2 Å². The van der Waals surface area contributed by atoms with E-state index < -0.39 is 6.29 Å². The highest BCUT2D eigenvalue weighted by Crippen LogP contribution is 2.32. The highest BCUT2D eigenvalue weighted by atomic mass is 16.7. The Bertz CT molecular complexity index is 704. The third kappa shape index (κ3) is 6.15. The first-order chi connectivity index (χ1) is 12.8. The van der Waals surface area contributed by atoms with Crippen LogP contribution < -0.4 is 5.32 Å². The number of rotatable bonds is 9. The number of amides is 1. The molecule has 1 heterocycles. The standard InChI is InChI=1S/C20H30N4O3/c1-6-26-17(27-7-2)14-24-13-16(22-23-24)19(25)21-18(20(3,4)5)15-11-9-8-10-12-15/h8-13,17-18H,6-7,14H2,1-5H3,(H,21,25). The van der Waals surface area contributed by atoms with Gasteiger partial charge in [0.1, 0.15) is 0 Å². The van der Waals surface area contributed by atoms with Gasteiger partial charge >= 0.3 is 0 Å². The number of nitrogens with zero attached hydrogens (tertiary/aromatic N) is 3. The summed E-state index contributed by atoms with van der Waals surface area (Å²) >= 11 is 0. The fourth-order valence-corrected chi connectivity index (χ4v) is 2.82. The molecule has 1 unspecified atom stereocenters. The molecule has 0 aliphatic rings. The second-order valence-corrected chi connectivity index (χ2v) is 7.35. The van der Waals surface area contributed by atoms with Gasteiger partial charge in [0.05, 0.1) is 18.8 Å². The predicted molar refractivity (Wildman–Crippen MR) is 103 cm³/mol. The molecular weight excluding hydrogens is 344 g/mol. The van der Waals surface area contributed by atoms with E-state index >= 15 is 0 Å². The van der Waals surface area contributed by atoms with Crippen molar-refractivity contribution in [1.29, 1.82) is 0 Å². The van der Waals surface area contributed by atoms with Crippen LogP contribution in [0.15, 0.2) is 36.5 Å². The molecule has 1 N–H and O–H groups in total. The molecule has 1 atom stereocenters. The van der Waals surface area contributed by atoms with Crippen LogP contribution in [0.2, 0.25) is 0 Å². The number of hydrogen-bond donors (Lipinski definition) is 1. The second-order valence-electron chi connectivity index (χ2n) is 7.35. The van der Waals surface area contributed by atoms with Crippen LogP contribution in [-0.2, 0) is 16.0 Å². The highest BCUT2D eigenvalue weighted by Gasteiger charge is 2.29. The third-order valence-corrected chi connectivity index (χ3v) is 4.09. The molecule has 2 aromatic rings. The minimum absolute atomic E-state index is 0.143. The Morgan fingerprint density at radius 1 is 1.15 bits per heavy atom. The molecule has 7 heteroatoms. The van der Waals surface area contributed by atoms with Crippen molar-refractivity contribution in [1.82, 2.24) is 20.3 Å². The summed E-state index contributed by atoms with van der Waals surface area (Å²) < 4.78 is 12.6. The van der Waals surface area contributed by atoms with Crippen molar-refractivity contribution in [2.75, 3.05) is 13.2 Å². The lowest BCUT2D eigenvalue weighted by Gasteiger charge is -2.31. The van der Waals surface area contributed by atoms with Gasteiger partial charge in [-0.3, -0.25) is 4.79 Å². The molecule has 0 saturated heterocycles. The predicted octanol–water partition coefficient (Wildman–Crippen LogP) is 3.19. The molecule has 1 aromatic heterocycles. The van der Waals surface area contributed by atoms with Gasteiger partial charge in [0.2, 0.25) is 0 Å². The van der Waals surface area contributed by atoms with Gasteiger partial charge in [-0.15, -0.1) is 5.10 Å². The Labute approximate surface area is 161 Å². The van der Waals surface area contributed by atoms with Crippen LogP contribution in [0.5, 0.6) is 0 Å². The van der Waals surface area contributed by atoms with Gasteiger partial charge in [-0.2, -0.15) is 0 Å². The molecule has 0 fully saturated rings. The molecule has 0 aliphatic carbocycles. The fraction of sp³-hybridized carbons (Fsp3) is 0.550. The summed E-state index contributed by atoms with van der Waals surface area (Å²) in [5.41, 5.74) is 1.17. The number of carbonyl (C=O) groups excluding carboxylic acids is 1. The van der Waals surface area contributed by atoms with Crippen LogP contribution in [0.1, 0.15) is 56.7 Å². The Kier molecular flexibility index (Phi) is 7.50. The maximum atomic E-state index is 12.7. The van der Waals surface area contributed by atoms with Gasteiger partial charge in [0.15, 0.2) is 12.0 Å². The summed E-state index contributed by atoms with van der Waals surface area (Å²) in [5.74, 6) is -0.255. The van der Waals surface area contributed by atoms with Crippen molar-refractivity contribution in [3.63, 3.8) is 0 Å². The summed E-state index contributed by atoms with van der Waals surface area (Å²) in [6, 6.07) is 9.79. The van der Waals surface area contributed by atoms with Gasteiger partial charge in [-0.05, 0) is 24.8 Å². The van der Waals surface area contributed by atoms with Crippen LogP contribution in [0.25, 0.3) is 0 Å². The Hall–Kier alpha value is -2.25. The molecule has 148 valence electrons. The van der Waals surface area contributed by atoms with Crippen LogP contribution in [0.3, 0.4) is 0 Å². The molecule has 27 heavy (non-hydrogen) atoms. The van der Waals surface area contributed by atoms with Crippen molar-refractivity contribution in [2.24, 2.45) is 5.41 Å². The van der Waals surface area contributed by atoms with E-state index in [4.69, 9.17) is 9.47 Å². The van der Waals surface area contributed by atoms with Crippen molar-refractivity contribution < 1.29 is 14.3 Å². The number of benzene rings is 1. The maximum Gasteiger partial charge on any atom is 0.273 e. The number of nitrogens with one attached hydrogen (secondary N) is 1. The van der Waals surface area contributed by atoms with E-state index in [1.165, 1.54) is 0 Å². The monoisotopic (exact) mass is 374 g/mol. The first-order valence-electron chi connectivity index (χ1n) is 9.34. The van der Waals surface area contributed by atoms with Crippen molar-refractivity contribution in [3.05, 3.63) is 47.8 Å². The zero-order chi connectivity index (χ0) is 19.9. The van der Waals surface area contributed by atoms with Gasteiger partial charge in [0.25, 0.3) is 5.91 Å². The number of ether oxygens (including phenoxy) is 2. The molecule has 1 aromatic carbocycles. The topological polar surface area (TPSA) is 78.3 Å². The van der Waals surface area contributed by atoms with Crippen LogP contribution in [0.4, 0.5) is 0 Å². The number of hydrogen-bond acceptors (Lipinski definition) is 5. The lowest BCUT2D eigenvalue weighted by atomic mass is 9.82. The molecule has 0 bridgehead atoms. The minimum atomic E-state index is -0.413. The van der Waals surface area contributed by atoms with E-state index in [0.717, 1.165) is 5.56 Å². The Balaban J connectivity index is 2.09. The van der Waals surface area contributed by atoms with E-state index in [9.17, 15) is 4.79 Å². The first-order valence-corrected chi connectivity index (χ1v) is 9.34. The molecular formula is C20H30N4O3. The van der Waals surface area contributed by atoms with Crippen LogP contribution in [0, 0.1) is 5.41 Å². The number of aromatic nitrogens is 3. The van der Waals surface area contributed by atoms with E-state index in [1.54, 1.807) is 10.9 Å². The third-order valence-electron chi connectivity index (χ3n) is 4.09. The molecule has 0 spiro atoms. The van der Waals surface area contributed by atoms with E-state index in [-0.39, 0.29) is 23.1 Å². The van der Waals surface area contributed by atoms with Crippen molar-refractivity contribution in [2.45, 2.75) is 53.5 Å². The highest BCUT2D eigenvalue weighted by molar-refractivity contribution is 5.92. The van der Waals surface area contributed by atoms with Crippen molar-refractivity contribution >= 4 is 5.91 Å². The SMILES string of the molecule is CCOC(Cn1cc(C(=O)NC(c2ccccc2)C(C)(C)C)nn1)OCC. The van der Waals surface area contributed by atoms with Gasteiger partial charge in [-0.1, -0.05) is 56.3 Å². The maximum absolute atomic E-state index is 12.7. The van der Waals surface area contributed by atoms with E-state index in [1.807, 2.05) is 44.2 Å². The summed E-state index contributed by atoms with van der Waals surface area (Å²) in [7, 11) is 0. The lowest BCUT2D eigenvalue weighted by molar-refractivity contribution is -0.145. The summed E-state index contributed by atoms with van der Waals surface area (Å²) in [6.45, 7) is 11.5. The summed E-state index contributed by atoms with van der Waals surface area (Å²) in [5, 5.41) is 11.1. The van der Waals surface area contributed by atoms with Crippen LogP contribution >= 0.6 is 0 Å². The molecule has 7 nitrogen and oxygen atoms in total. The average Bonchev–Trinajstić information content (AvgIpc) is 3.08. The molecule has 0 radical (unpaired) electrons. The molecule has 1 amide bonds. The fourth-order valence-electron chi connectivity index (χ4n) is 2.82. The average molecular weight is 374 g/mol. The zero-order valence-corrected chi connectivity index (χ0v) is 16.8. The molecule has 0 aliphatic heterocycles. The zero-order valence-electron chi connectivity index (χ0n) is 16.8. The quantitative estimate of drug-likeness (QED) is 0.682. The summed E-state index contributed by atoms with van der Waals surface area (Å²) in [4.78, 5) is 12.7. The molecule has 2 rings (SSSR count). The normalized spacial score (nSPS) is 13.0. The van der Waals surface area contributed by atoms with E-state index in [0.29, 0.717) is 19.8 Å². The minimum Gasteiger partial charge on any atom is -0.351 e. The largest absolute Gasteiger partial charge is 0.351 e.